The molecule has 0 saturated heterocycles. The van der Waals surface area contributed by atoms with Crippen molar-refractivity contribution >= 4 is 42.3 Å². The number of rotatable bonds is 12. The van der Waals surface area contributed by atoms with Crippen LogP contribution in [0.1, 0.15) is 30.0 Å². The third-order valence-electron chi connectivity index (χ3n) is 6.06. The molecule has 0 aromatic heterocycles. The maximum absolute atomic E-state index is 12.3. The van der Waals surface area contributed by atoms with E-state index in [9.17, 15) is 24.9 Å². The Labute approximate surface area is 228 Å². The number of hydrogen-bond acceptors (Lipinski definition) is 6. The third-order valence-corrected chi connectivity index (χ3v) is 6.88. The van der Waals surface area contributed by atoms with Crippen LogP contribution in [0, 0.1) is 23.2 Å². The summed E-state index contributed by atoms with van der Waals surface area (Å²) in [4.78, 5) is 26.0. The number of carbonyl (C=O) groups is 2. The summed E-state index contributed by atoms with van der Waals surface area (Å²) < 4.78 is 5.24. The van der Waals surface area contributed by atoms with Gasteiger partial charge in [0.05, 0.1) is 18.6 Å². The van der Waals surface area contributed by atoms with Crippen molar-refractivity contribution in [3.8, 4) is 6.07 Å². The number of benzene rings is 2. The third kappa shape index (κ3) is 9.24. The molecule has 0 bridgehead atoms. The molecule has 0 aliphatic heterocycles. The van der Waals surface area contributed by atoms with Gasteiger partial charge in [-0.15, -0.1) is 0 Å². The van der Waals surface area contributed by atoms with Crippen molar-refractivity contribution in [3.05, 3.63) is 69.2 Å². The summed E-state index contributed by atoms with van der Waals surface area (Å²) in [5, 5.41) is 32.1. The Morgan fingerprint density at radius 3 is 2.41 bits per heavy atom. The molecule has 2 amide bonds. The fourth-order valence-electron chi connectivity index (χ4n) is 3.90. The minimum atomic E-state index is -1.74. The summed E-state index contributed by atoms with van der Waals surface area (Å²) in [6.07, 6.45) is 0.686. The van der Waals surface area contributed by atoms with Gasteiger partial charge in [-0.3, -0.25) is 4.79 Å². The second kappa shape index (κ2) is 14.8. The molecule has 0 aliphatic rings. The van der Waals surface area contributed by atoms with E-state index in [1.54, 1.807) is 26.2 Å². The number of halogens is 2. The molecule has 0 spiro atoms. The molecule has 0 saturated carbocycles. The van der Waals surface area contributed by atoms with Gasteiger partial charge in [0.2, 0.25) is 5.91 Å². The van der Waals surface area contributed by atoms with E-state index in [1.165, 1.54) is 4.90 Å². The molecule has 37 heavy (non-hydrogen) atoms. The average Bonchev–Trinajstić information content (AvgIpc) is 2.86. The van der Waals surface area contributed by atoms with Crippen LogP contribution >= 0.6 is 23.2 Å². The number of aryl methyl sites for hydroxylation is 1. The van der Waals surface area contributed by atoms with Gasteiger partial charge in [0.15, 0.2) is 0 Å². The van der Waals surface area contributed by atoms with Gasteiger partial charge in [0.25, 0.3) is 0 Å². The maximum Gasteiger partial charge on any atom is 0.475 e. The lowest BCUT2D eigenvalue weighted by Gasteiger charge is -2.22. The first-order valence-electron chi connectivity index (χ1n) is 11.9. The van der Waals surface area contributed by atoms with Crippen molar-refractivity contribution in [2.75, 3.05) is 20.7 Å². The monoisotopic (exact) mass is 547 g/mol. The summed E-state index contributed by atoms with van der Waals surface area (Å²) >= 11 is 12.9. The Bertz CT molecular complexity index is 1100. The van der Waals surface area contributed by atoms with Crippen LogP contribution in [-0.2, 0) is 28.8 Å². The van der Waals surface area contributed by atoms with Crippen molar-refractivity contribution < 1.29 is 24.4 Å². The number of nitrogens with zero attached hydrogens (tertiary/aromatic N) is 2. The van der Waals surface area contributed by atoms with E-state index in [0.29, 0.717) is 34.9 Å². The SMILES string of the molecule is CC(Cc1ccc(Cl)c(CCOC(=O)N[C@@H](CCc2ccccc2)B(O)O)c1Cl)C(C#N)C(=O)N(C)C. The normalized spacial score (nSPS) is 13.1. The Morgan fingerprint density at radius 2 is 1.81 bits per heavy atom. The Hall–Kier alpha value is -2.77. The van der Waals surface area contributed by atoms with E-state index in [-0.39, 0.29) is 24.9 Å². The number of nitrogens with one attached hydrogen (secondary N) is 1. The molecule has 0 radical (unpaired) electrons. The number of hydrogen-bond donors (Lipinski definition) is 3. The van der Waals surface area contributed by atoms with Crippen LogP contribution in [0.2, 0.25) is 10.0 Å². The van der Waals surface area contributed by atoms with E-state index < -0.39 is 25.1 Å². The molecule has 11 heteroatoms. The fourth-order valence-corrected chi connectivity index (χ4v) is 4.54. The lowest BCUT2D eigenvalue weighted by molar-refractivity contribution is -0.132. The molecule has 3 N–H and O–H groups in total. The van der Waals surface area contributed by atoms with Crippen molar-refractivity contribution in [2.45, 2.75) is 38.5 Å². The standard InChI is InChI=1S/C26H32BCl2N3O5/c1-17(21(16-30)25(33)32(2)3)15-19-10-11-22(28)20(24(19)29)13-14-37-26(34)31-23(27(35)36)12-9-18-7-5-4-6-8-18/h4-8,10-11,17,21,23,35-36H,9,12-15H2,1-3H3,(H,31,34)/t17?,21?,23-/m0/s1. The molecule has 198 valence electrons. The first-order chi connectivity index (χ1) is 17.5. The van der Waals surface area contributed by atoms with Gasteiger partial charge in [0, 0.05) is 30.6 Å². The minimum absolute atomic E-state index is 0.0445. The highest BCUT2D eigenvalue weighted by Gasteiger charge is 2.28. The van der Waals surface area contributed by atoms with Crippen molar-refractivity contribution in [3.63, 3.8) is 0 Å². The smallest absolute Gasteiger partial charge is 0.449 e. The second-order valence-electron chi connectivity index (χ2n) is 9.09. The first kappa shape index (κ1) is 30.5. The summed E-state index contributed by atoms with van der Waals surface area (Å²) in [5.74, 6) is -2.27. The van der Waals surface area contributed by atoms with E-state index >= 15 is 0 Å². The zero-order chi connectivity index (χ0) is 27.5. The zero-order valence-corrected chi connectivity index (χ0v) is 22.7. The Morgan fingerprint density at radius 1 is 1.14 bits per heavy atom. The number of nitriles is 1. The largest absolute Gasteiger partial charge is 0.475 e. The van der Waals surface area contributed by atoms with E-state index in [0.717, 1.165) is 11.1 Å². The molecule has 3 atom stereocenters. The second-order valence-corrected chi connectivity index (χ2v) is 9.88. The molecule has 2 unspecified atom stereocenters. The predicted molar refractivity (Wildman–Crippen MR) is 144 cm³/mol. The minimum Gasteiger partial charge on any atom is -0.449 e. The maximum atomic E-state index is 12.3. The molecule has 2 aromatic carbocycles. The Kier molecular flexibility index (Phi) is 12.2. The highest BCUT2D eigenvalue weighted by Crippen LogP contribution is 2.31. The highest BCUT2D eigenvalue weighted by molar-refractivity contribution is 6.43. The van der Waals surface area contributed by atoms with Crippen molar-refractivity contribution in [1.29, 1.82) is 5.26 Å². The highest BCUT2D eigenvalue weighted by atomic mass is 35.5. The number of alkyl carbamates (subject to hydrolysis) is 1. The van der Waals surface area contributed by atoms with Crippen LogP contribution in [0.5, 0.6) is 0 Å². The summed E-state index contributed by atoms with van der Waals surface area (Å²) in [7, 11) is 1.47. The van der Waals surface area contributed by atoms with Gasteiger partial charge in [-0.1, -0.05) is 66.5 Å². The van der Waals surface area contributed by atoms with Crippen molar-refractivity contribution in [2.24, 2.45) is 11.8 Å². The molecule has 0 fully saturated rings. The number of amides is 2. The fraction of sp³-hybridized carbons (Fsp3) is 0.423. The number of carbonyl (C=O) groups excluding carboxylic acids is 2. The molecule has 8 nitrogen and oxygen atoms in total. The molecule has 2 rings (SSSR count). The predicted octanol–water partition coefficient (Wildman–Crippen LogP) is 3.68. The van der Waals surface area contributed by atoms with Crippen LogP contribution in [0.4, 0.5) is 4.79 Å². The molecular weight excluding hydrogens is 516 g/mol. The molecular formula is C26H32BCl2N3O5. The van der Waals surface area contributed by atoms with E-state index in [2.05, 4.69) is 11.4 Å². The van der Waals surface area contributed by atoms with Gasteiger partial charge < -0.3 is 25.0 Å². The van der Waals surface area contributed by atoms with Gasteiger partial charge in [-0.25, -0.2) is 4.79 Å². The first-order valence-corrected chi connectivity index (χ1v) is 12.7. The van der Waals surface area contributed by atoms with E-state index in [4.69, 9.17) is 27.9 Å². The average molecular weight is 548 g/mol. The summed E-state index contributed by atoms with van der Waals surface area (Å²) in [5.41, 5.74) is 2.32. The van der Waals surface area contributed by atoms with E-state index in [1.807, 2.05) is 37.3 Å². The topological polar surface area (TPSA) is 123 Å². The lowest BCUT2D eigenvalue weighted by atomic mass is 9.76. The number of ether oxygens (including phenoxy) is 1. The van der Waals surface area contributed by atoms with Crippen LogP contribution in [0.25, 0.3) is 0 Å². The summed E-state index contributed by atoms with van der Waals surface area (Å²) in [6.45, 7) is 1.77. The lowest BCUT2D eigenvalue weighted by Crippen LogP contribution is -2.47. The van der Waals surface area contributed by atoms with Gasteiger partial charge >= 0.3 is 13.2 Å². The van der Waals surface area contributed by atoms with Crippen LogP contribution in [-0.4, -0.2) is 60.7 Å². The summed E-state index contributed by atoms with van der Waals surface area (Å²) in [6, 6.07) is 15.0. The zero-order valence-electron chi connectivity index (χ0n) is 21.2. The van der Waals surface area contributed by atoms with Gasteiger partial charge in [0.1, 0.15) is 5.92 Å². The van der Waals surface area contributed by atoms with Gasteiger partial charge in [-0.05, 0) is 47.9 Å². The molecule has 2 aromatic rings. The van der Waals surface area contributed by atoms with Gasteiger partial charge in [-0.2, -0.15) is 5.26 Å². The molecule has 0 heterocycles. The van der Waals surface area contributed by atoms with Crippen molar-refractivity contribution in [1.82, 2.24) is 10.2 Å². The quantitative estimate of drug-likeness (QED) is 0.348. The van der Waals surface area contributed by atoms with Crippen LogP contribution < -0.4 is 5.32 Å². The Balaban J connectivity index is 1.96. The molecule has 0 aliphatic carbocycles. The van der Waals surface area contributed by atoms with Crippen LogP contribution in [0.3, 0.4) is 0 Å². The van der Waals surface area contributed by atoms with Crippen LogP contribution in [0.15, 0.2) is 42.5 Å².